The molecule has 0 saturated carbocycles. The third-order valence-electron chi connectivity index (χ3n) is 0. The summed E-state index contributed by atoms with van der Waals surface area (Å²) in [5, 5.41) is 0. The molecule has 0 atom stereocenters. The molecule has 0 unspecified atom stereocenters. The van der Waals surface area contributed by atoms with Gasteiger partial charge in [-0.3, -0.25) is 23.5 Å². The van der Waals surface area contributed by atoms with Gasteiger partial charge in [-0.2, -0.15) is 0 Å². The smallest absolute Gasteiger partial charge is 1.00 e. The number of hydrogen-bond donors (Lipinski definition) is 0. The van der Waals surface area contributed by atoms with E-state index in [4.69, 9.17) is 0 Å². The van der Waals surface area contributed by atoms with Gasteiger partial charge in [-0.05, 0) is 0 Å². The van der Waals surface area contributed by atoms with Gasteiger partial charge >= 0.3 is 51.4 Å². The molecule has 0 aromatic rings. The number of halogens is 5. The first kappa shape index (κ1) is 142. The molecule has 0 N–H and O–H groups in total. The van der Waals surface area contributed by atoms with Gasteiger partial charge in [0.05, 0.1) is 0 Å². The third-order valence-corrected chi connectivity index (χ3v) is 0. The van der Waals surface area contributed by atoms with E-state index in [-0.39, 0.29) is 98.7 Å². The van der Waals surface area contributed by atoms with E-state index in [1.807, 2.05) is 0 Å². The third kappa shape index (κ3) is 71.0. The van der Waals surface area contributed by atoms with E-state index in [1.165, 1.54) is 0 Å². The minimum atomic E-state index is 0. The van der Waals surface area contributed by atoms with Gasteiger partial charge in [-0.15, -0.1) is 0 Å². The van der Waals surface area contributed by atoms with Crippen LogP contribution >= 0.6 is 0 Å². The molecule has 7 heteroatoms. The maximum Gasteiger partial charge on any atom is 1.00 e. The van der Waals surface area contributed by atoms with Crippen molar-refractivity contribution >= 4 is 0 Å². The van der Waals surface area contributed by atoms with Crippen LogP contribution in [0.3, 0.4) is 0 Å². The average molecular weight is 321 g/mol. The Morgan fingerprint density at radius 3 is 0.571 bits per heavy atom. The molecule has 0 amide bonds. The SMILES string of the molecule is F.F.F.F.F.[H-].[K+].[Ta]. The summed E-state index contributed by atoms with van der Waals surface area (Å²) in [6.45, 7) is 0. The molecule has 0 saturated heterocycles. The average Bonchev–Trinajstić information content (AvgIpc) is 0. The van der Waals surface area contributed by atoms with Crippen LogP contribution < -0.4 is 51.4 Å². The summed E-state index contributed by atoms with van der Waals surface area (Å²) < 4.78 is 0. The summed E-state index contributed by atoms with van der Waals surface area (Å²) in [6.07, 6.45) is 0. The fourth-order valence-electron chi connectivity index (χ4n) is 0. The molecule has 7 heavy (non-hydrogen) atoms. The zero-order valence-electron chi connectivity index (χ0n) is 4.49. The normalized spacial score (nSPS) is 0. The van der Waals surface area contributed by atoms with Crippen LogP contribution in [0.25, 0.3) is 0 Å². The van der Waals surface area contributed by atoms with Crippen molar-refractivity contribution in [2.75, 3.05) is 0 Å². The Balaban J connectivity index is 0. The topological polar surface area (TPSA) is 0 Å². The summed E-state index contributed by atoms with van der Waals surface area (Å²) in [5.74, 6) is 0. The van der Waals surface area contributed by atoms with Crippen molar-refractivity contribution in [3.63, 3.8) is 0 Å². The van der Waals surface area contributed by atoms with Gasteiger partial charge in [0.25, 0.3) is 0 Å². The van der Waals surface area contributed by atoms with Gasteiger partial charge in [0.15, 0.2) is 0 Å². The maximum absolute atomic E-state index is 0. The summed E-state index contributed by atoms with van der Waals surface area (Å²) >= 11 is 0. The Morgan fingerprint density at radius 1 is 0.571 bits per heavy atom. The standard InChI is InChI=1S/5FH.K.Ta.H/h5*1H;;;/q;;;;;+1;;-1. The molecular weight excluding hydrogens is 315 g/mol. The molecule has 0 spiro atoms. The van der Waals surface area contributed by atoms with E-state index in [2.05, 4.69) is 0 Å². The molecule has 0 nitrogen and oxygen atoms in total. The van der Waals surface area contributed by atoms with Gasteiger partial charge in [-0.25, -0.2) is 0 Å². The zero-order valence-corrected chi connectivity index (χ0v) is 9.82. The molecule has 0 fully saturated rings. The first-order valence-corrected chi connectivity index (χ1v) is 0. The van der Waals surface area contributed by atoms with E-state index in [9.17, 15) is 0 Å². The van der Waals surface area contributed by atoms with E-state index in [1.54, 1.807) is 0 Å². The second-order valence-corrected chi connectivity index (χ2v) is 0. The van der Waals surface area contributed by atoms with Gasteiger partial charge in [0, 0.05) is 22.4 Å². The molecular formula is H6F5KTa. The molecule has 0 aliphatic rings. The van der Waals surface area contributed by atoms with Crippen LogP contribution in [0, 0.1) is 0 Å². The minimum absolute atomic E-state index is 0. The van der Waals surface area contributed by atoms with E-state index in [0.717, 1.165) is 0 Å². The molecule has 1 radical (unpaired) electrons. The van der Waals surface area contributed by atoms with E-state index in [0.29, 0.717) is 0 Å². The molecule has 47 valence electrons. The summed E-state index contributed by atoms with van der Waals surface area (Å²) in [5.41, 5.74) is 0. The predicted molar refractivity (Wildman–Crippen MR) is 13.6 cm³/mol. The van der Waals surface area contributed by atoms with Crippen molar-refractivity contribution in [1.29, 1.82) is 0 Å². The molecule has 0 aliphatic heterocycles. The monoisotopic (exact) mass is 321 g/mol. The quantitative estimate of drug-likeness (QED) is 0.354. The Morgan fingerprint density at radius 2 is 0.571 bits per heavy atom. The molecule has 0 rings (SSSR count). The van der Waals surface area contributed by atoms with Crippen molar-refractivity contribution in [2.24, 2.45) is 0 Å². The largest absolute Gasteiger partial charge is 1.00 e. The number of rotatable bonds is 0. The van der Waals surface area contributed by atoms with Crippen molar-refractivity contribution in [1.82, 2.24) is 0 Å². The first-order chi connectivity index (χ1) is 0. The van der Waals surface area contributed by atoms with Crippen molar-refractivity contribution in [2.45, 2.75) is 0 Å². The summed E-state index contributed by atoms with van der Waals surface area (Å²) in [4.78, 5) is 0. The second-order valence-electron chi connectivity index (χ2n) is 0. The molecule has 0 aromatic heterocycles. The van der Waals surface area contributed by atoms with Crippen molar-refractivity contribution in [3.8, 4) is 0 Å². The Labute approximate surface area is 97.1 Å². The molecule has 0 bridgehead atoms. The Kier molecular flexibility index (Phi) is 1950. The fraction of sp³-hybridized carbons (Fsp3) is 0. The number of hydrogen-bond acceptors (Lipinski definition) is 0. The van der Waals surface area contributed by atoms with Gasteiger partial charge < -0.3 is 1.43 Å². The summed E-state index contributed by atoms with van der Waals surface area (Å²) in [7, 11) is 0. The first-order valence-electron chi connectivity index (χ1n) is 0. The summed E-state index contributed by atoms with van der Waals surface area (Å²) in [6, 6.07) is 0. The fourth-order valence-corrected chi connectivity index (χ4v) is 0. The zero-order chi connectivity index (χ0) is 0. The van der Waals surface area contributed by atoms with E-state index >= 15 is 0 Å². The Bertz CT molecular complexity index is 12.4. The van der Waals surface area contributed by atoms with Crippen LogP contribution in [0.2, 0.25) is 0 Å². The van der Waals surface area contributed by atoms with Crippen LogP contribution in [0.5, 0.6) is 0 Å². The van der Waals surface area contributed by atoms with Crippen molar-refractivity contribution in [3.05, 3.63) is 0 Å². The van der Waals surface area contributed by atoms with Gasteiger partial charge in [0.1, 0.15) is 0 Å². The minimum Gasteiger partial charge on any atom is -1.00 e. The molecule has 0 aliphatic carbocycles. The van der Waals surface area contributed by atoms with Gasteiger partial charge in [-0.1, -0.05) is 0 Å². The van der Waals surface area contributed by atoms with Crippen LogP contribution in [-0.4, -0.2) is 0 Å². The molecule has 0 heterocycles. The van der Waals surface area contributed by atoms with Crippen LogP contribution in [-0.2, 0) is 22.4 Å². The Hall–Kier alpha value is 2.03. The van der Waals surface area contributed by atoms with Crippen LogP contribution in [0.4, 0.5) is 23.5 Å². The van der Waals surface area contributed by atoms with Crippen LogP contribution in [0.1, 0.15) is 1.43 Å². The molecule has 0 aromatic carbocycles. The maximum atomic E-state index is 0. The van der Waals surface area contributed by atoms with Crippen LogP contribution in [0.15, 0.2) is 0 Å². The second kappa shape index (κ2) is 96.5. The predicted octanol–water partition coefficient (Wildman–Crippen LogP) is -2.12. The van der Waals surface area contributed by atoms with Crippen molar-refractivity contribution < 1.29 is 98.7 Å². The van der Waals surface area contributed by atoms with Gasteiger partial charge in [0.2, 0.25) is 0 Å². The van der Waals surface area contributed by atoms with E-state index < -0.39 is 0 Å².